The van der Waals surface area contributed by atoms with Gasteiger partial charge in [-0.25, -0.2) is 4.39 Å². The summed E-state index contributed by atoms with van der Waals surface area (Å²) < 4.78 is 24.4. The first-order chi connectivity index (χ1) is 13.2. The van der Waals surface area contributed by atoms with E-state index in [9.17, 15) is 9.50 Å². The number of aryl methyl sites for hydroxylation is 1. The molecule has 2 aromatic carbocycles. The predicted octanol–water partition coefficient (Wildman–Crippen LogP) is 5.11. The summed E-state index contributed by atoms with van der Waals surface area (Å²) in [5.41, 5.74) is 3.57. The second-order valence-corrected chi connectivity index (χ2v) is 7.17. The minimum atomic E-state index is -1.14. The molecule has 4 nitrogen and oxygen atoms in total. The van der Waals surface area contributed by atoms with Crippen molar-refractivity contribution in [1.82, 2.24) is 4.98 Å². The summed E-state index contributed by atoms with van der Waals surface area (Å²) in [6.07, 6.45) is 1.68. The smallest absolute Gasteiger partial charge is 0.123 e. The number of rotatable bonds is 5. The lowest BCUT2D eigenvalue weighted by molar-refractivity contribution is 0.0788. The Labute approximate surface area is 164 Å². The topological polar surface area (TPSA) is 51.6 Å². The predicted molar refractivity (Wildman–Crippen MR) is 108 cm³/mol. The summed E-state index contributed by atoms with van der Waals surface area (Å²) >= 11 is 0. The molecule has 3 aromatic rings. The number of methoxy groups -OCH3 is 2. The molecule has 0 unspecified atom stereocenters. The maximum absolute atomic E-state index is 13.5. The molecule has 0 saturated heterocycles. The van der Waals surface area contributed by atoms with Gasteiger partial charge in [-0.2, -0.15) is 0 Å². The van der Waals surface area contributed by atoms with Gasteiger partial charge in [-0.05, 0) is 61.7 Å². The van der Waals surface area contributed by atoms with Crippen molar-refractivity contribution in [2.75, 3.05) is 14.2 Å². The van der Waals surface area contributed by atoms with E-state index in [0.717, 1.165) is 27.9 Å². The fourth-order valence-electron chi connectivity index (χ4n) is 3.29. The van der Waals surface area contributed by atoms with Crippen molar-refractivity contribution >= 4 is 0 Å². The summed E-state index contributed by atoms with van der Waals surface area (Å²) in [6, 6.07) is 11.8. The Hall–Kier alpha value is -2.92. The van der Waals surface area contributed by atoms with Crippen LogP contribution in [0, 0.1) is 12.7 Å². The molecule has 3 rings (SSSR count). The summed E-state index contributed by atoms with van der Waals surface area (Å²) in [5.74, 6) is 0.962. The van der Waals surface area contributed by atoms with Gasteiger partial charge in [0, 0.05) is 29.1 Å². The van der Waals surface area contributed by atoms with Crippen molar-refractivity contribution in [3.05, 3.63) is 65.7 Å². The van der Waals surface area contributed by atoms with E-state index in [2.05, 4.69) is 4.98 Å². The molecule has 0 aliphatic carbocycles. The lowest BCUT2D eigenvalue weighted by atomic mass is 9.84. The van der Waals surface area contributed by atoms with Crippen molar-refractivity contribution in [1.29, 1.82) is 0 Å². The van der Waals surface area contributed by atoms with Gasteiger partial charge in [-0.1, -0.05) is 12.1 Å². The van der Waals surface area contributed by atoms with Gasteiger partial charge < -0.3 is 14.6 Å². The minimum Gasteiger partial charge on any atom is -0.497 e. The van der Waals surface area contributed by atoms with Gasteiger partial charge in [0.25, 0.3) is 0 Å². The highest BCUT2D eigenvalue weighted by Crippen LogP contribution is 2.42. The van der Waals surface area contributed by atoms with Crippen LogP contribution in [0.25, 0.3) is 22.3 Å². The average molecular weight is 381 g/mol. The number of halogens is 1. The quantitative estimate of drug-likeness (QED) is 0.667. The monoisotopic (exact) mass is 381 g/mol. The fourth-order valence-corrected chi connectivity index (χ4v) is 3.29. The highest BCUT2D eigenvalue weighted by Gasteiger charge is 2.26. The first-order valence-electron chi connectivity index (χ1n) is 8.96. The molecule has 0 spiro atoms. The van der Waals surface area contributed by atoms with Crippen LogP contribution in [0.2, 0.25) is 0 Å². The van der Waals surface area contributed by atoms with Gasteiger partial charge in [0.15, 0.2) is 0 Å². The molecule has 0 bridgehead atoms. The molecular weight excluding hydrogens is 357 g/mol. The Morgan fingerprint density at radius 1 is 0.893 bits per heavy atom. The Morgan fingerprint density at radius 2 is 1.46 bits per heavy atom. The maximum Gasteiger partial charge on any atom is 0.123 e. The molecule has 0 aliphatic rings. The molecule has 0 saturated carbocycles. The van der Waals surface area contributed by atoms with E-state index in [1.54, 1.807) is 52.5 Å². The lowest BCUT2D eigenvalue weighted by Crippen LogP contribution is -2.18. The molecule has 0 aliphatic heterocycles. The number of aromatic nitrogens is 1. The lowest BCUT2D eigenvalue weighted by Gasteiger charge is -2.25. The van der Waals surface area contributed by atoms with Crippen LogP contribution in [0.1, 0.15) is 25.1 Å². The van der Waals surface area contributed by atoms with Crippen LogP contribution in [-0.2, 0) is 5.60 Å². The van der Waals surface area contributed by atoms with E-state index in [1.165, 1.54) is 12.1 Å². The third kappa shape index (κ3) is 3.85. The molecule has 0 fully saturated rings. The van der Waals surface area contributed by atoms with Crippen molar-refractivity contribution in [3.8, 4) is 33.8 Å². The number of aliphatic hydroxyl groups is 1. The zero-order chi connectivity index (χ0) is 20.5. The third-order valence-corrected chi connectivity index (χ3v) is 4.70. The molecule has 1 N–H and O–H groups in total. The minimum absolute atomic E-state index is 0.308. The van der Waals surface area contributed by atoms with E-state index in [0.29, 0.717) is 17.1 Å². The van der Waals surface area contributed by atoms with Crippen LogP contribution in [0.4, 0.5) is 4.39 Å². The Bertz CT molecular complexity index is 970. The van der Waals surface area contributed by atoms with Crippen molar-refractivity contribution in [3.63, 3.8) is 0 Å². The van der Waals surface area contributed by atoms with Crippen molar-refractivity contribution < 1.29 is 19.0 Å². The number of hydrogen-bond acceptors (Lipinski definition) is 4. The molecule has 5 heteroatoms. The summed E-state index contributed by atoms with van der Waals surface area (Å²) in [5, 5.41) is 10.8. The summed E-state index contributed by atoms with van der Waals surface area (Å²) in [7, 11) is 3.18. The number of hydrogen-bond donors (Lipinski definition) is 1. The van der Waals surface area contributed by atoms with Crippen LogP contribution in [-0.4, -0.2) is 24.3 Å². The van der Waals surface area contributed by atoms with Gasteiger partial charge in [0.2, 0.25) is 0 Å². The summed E-state index contributed by atoms with van der Waals surface area (Å²) in [4.78, 5) is 4.50. The molecule has 1 aromatic heterocycles. The van der Waals surface area contributed by atoms with E-state index in [-0.39, 0.29) is 5.82 Å². The number of pyridine rings is 1. The zero-order valence-corrected chi connectivity index (χ0v) is 16.7. The van der Waals surface area contributed by atoms with Crippen molar-refractivity contribution in [2.24, 2.45) is 0 Å². The highest BCUT2D eigenvalue weighted by molar-refractivity contribution is 5.88. The molecule has 0 amide bonds. The van der Waals surface area contributed by atoms with E-state index in [4.69, 9.17) is 9.47 Å². The van der Waals surface area contributed by atoms with Crippen LogP contribution in [0.3, 0.4) is 0 Å². The molecular formula is C23H24FNO3. The summed E-state index contributed by atoms with van der Waals surface area (Å²) in [6.45, 7) is 5.33. The molecule has 0 atom stereocenters. The first-order valence-corrected chi connectivity index (χ1v) is 8.96. The highest BCUT2D eigenvalue weighted by atomic mass is 19.1. The van der Waals surface area contributed by atoms with Crippen LogP contribution >= 0.6 is 0 Å². The second-order valence-electron chi connectivity index (χ2n) is 7.17. The van der Waals surface area contributed by atoms with E-state index >= 15 is 0 Å². The number of nitrogens with zero attached hydrogens (tertiary/aromatic N) is 1. The zero-order valence-electron chi connectivity index (χ0n) is 16.7. The Balaban J connectivity index is 2.41. The van der Waals surface area contributed by atoms with Crippen LogP contribution < -0.4 is 9.47 Å². The molecule has 146 valence electrons. The molecule has 28 heavy (non-hydrogen) atoms. The van der Waals surface area contributed by atoms with Gasteiger partial charge in [0.05, 0.1) is 19.8 Å². The van der Waals surface area contributed by atoms with E-state index < -0.39 is 5.60 Å². The van der Waals surface area contributed by atoms with E-state index in [1.807, 2.05) is 19.1 Å². The van der Waals surface area contributed by atoms with Gasteiger partial charge in [-0.15, -0.1) is 0 Å². The van der Waals surface area contributed by atoms with Gasteiger partial charge in [0.1, 0.15) is 17.3 Å². The molecule has 1 heterocycles. The van der Waals surface area contributed by atoms with Gasteiger partial charge in [-0.3, -0.25) is 4.98 Å². The Kier molecular flexibility index (Phi) is 5.38. The third-order valence-electron chi connectivity index (χ3n) is 4.70. The van der Waals surface area contributed by atoms with Gasteiger partial charge >= 0.3 is 0 Å². The Morgan fingerprint density at radius 3 is 1.96 bits per heavy atom. The standard InChI is InChI=1S/C23H24FNO3/c1-14-21(15-6-8-17(24)9-7-15)22(20(13-25-14)23(2,3)26)16-10-18(27-4)12-19(11-16)28-5/h6-13,26H,1-5H3. The molecule has 0 radical (unpaired) electrons. The first kappa shape index (κ1) is 19.8. The maximum atomic E-state index is 13.5. The van der Waals surface area contributed by atoms with Crippen LogP contribution in [0.15, 0.2) is 48.7 Å². The number of benzene rings is 2. The average Bonchev–Trinajstić information content (AvgIpc) is 2.67. The second kappa shape index (κ2) is 7.60. The van der Waals surface area contributed by atoms with Crippen LogP contribution in [0.5, 0.6) is 11.5 Å². The normalized spacial score (nSPS) is 11.4. The number of ether oxygens (including phenoxy) is 2. The SMILES string of the molecule is COc1cc(OC)cc(-c2c(C(C)(C)O)cnc(C)c2-c2ccc(F)cc2)c1. The van der Waals surface area contributed by atoms with Crippen molar-refractivity contribution in [2.45, 2.75) is 26.4 Å². The fraction of sp³-hybridized carbons (Fsp3) is 0.261. The largest absolute Gasteiger partial charge is 0.497 e.